The number of ether oxygens (including phenoxy) is 2. The fourth-order valence-electron chi connectivity index (χ4n) is 2.18. The molecule has 0 aromatic heterocycles. The average molecular weight is 315 g/mol. The summed E-state index contributed by atoms with van der Waals surface area (Å²) in [6.07, 6.45) is -0.366. The third kappa shape index (κ3) is 6.20. The summed E-state index contributed by atoms with van der Waals surface area (Å²) >= 11 is 5.80. The highest BCUT2D eigenvalue weighted by molar-refractivity contribution is 6.30. The topological polar surface area (TPSA) is 54.0 Å². The third-order valence-corrected chi connectivity index (χ3v) is 3.60. The number of morpholine rings is 1. The first-order valence-electron chi connectivity index (χ1n) is 7.21. The van der Waals surface area contributed by atoms with Crippen molar-refractivity contribution >= 4 is 11.6 Å². The Morgan fingerprint density at radius 2 is 2.24 bits per heavy atom. The Labute approximate surface area is 130 Å². The number of aliphatic hydroxyl groups is 1. The first-order valence-corrected chi connectivity index (χ1v) is 7.58. The second kappa shape index (κ2) is 8.56. The molecule has 0 unspecified atom stereocenters. The van der Waals surface area contributed by atoms with Crippen molar-refractivity contribution in [3.05, 3.63) is 29.3 Å². The van der Waals surface area contributed by atoms with Gasteiger partial charge >= 0.3 is 0 Å². The highest BCUT2D eigenvalue weighted by Crippen LogP contribution is 2.15. The van der Waals surface area contributed by atoms with E-state index in [-0.39, 0.29) is 12.7 Å². The second-order valence-corrected chi connectivity index (χ2v) is 5.77. The van der Waals surface area contributed by atoms with Gasteiger partial charge in [-0.1, -0.05) is 11.6 Å². The largest absolute Gasteiger partial charge is 0.491 e. The quantitative estimate of drug-likeness (QED) is 0.786. The van der Waals surface area contributed by atoms with Gasteiger partial charge in [0, 0.05) is 31.2 Å². The van der Waals surface area contributed by atoms with Crippen molar-refractivity contribution in [2.45, 2.75) is 12.2 Å². The van der Waals surface area contributed by atoms with Gasteiger partial charge < -0.3 is 24.8 Å². The molecule has 0 spiro atoms. The summed E-state index contributed by atoms with van der Waals surface area (Å²) < 4.78 is 11.1. The minimum absolute atomic E-state index is 0.188. The molecular weight excluding hydrogens is 292 g/mol. The van der Waals surface area contributed by atoms with Crippen LogP contribution in [0.3, 0.4) is 0 Å². The molecule has 1 aromatic rings. The zero-order valence-corrected chi connectivity index (χ0v) is 13.1. The molecule has 0 amide bonds. The molecule has 0 aliphatic carbocycles. The van der Waals surface area contributed by atoms with E-state index < -0.39 is 6.10 Å². The van der Waals surface area contributed by atoms with Crippen LogP contribution in [-0.2, 0) is 4.74 Å². The summed E-state index contributed by atoms with van der Waals surface area (Å²) in [5.41, 5.74) is 0. The van der Waals surface area contributed by atoms with Crippen LogP contribution in [0.5, 0.6) is 5.75 Å². The molecule has 1 saturated heterocycles. The maximum absolute atomic E-state index is 9.88. The van der Waals surface area contributed by atoms with Gasteiger partial charge in [-0.05, 0) is 31.3 Å². The molecule has 1 aromatic carbocycles. The lowest BCUT2D eigenvalue weighted by atomic mass is 10.2. The van der Waals surface area contributed by atoms with E-state index in [2.05, 4.69) is 17.3 Å². The van der Waals surface area contributed by atoms with Crippen LogP contribution in [0.1, 0.15) is 0 Å². The molecule has 1 aliphatic rings. The van der Waals surface area contributed by atoms with E-state index >= 15 is 0 Å². The summed E-state index contributed by atoms with van der Waals surface area (Å²) in [5, 5.41) is 13.8. The van der Waals surface area contributed by atoms with E-state index in [1.54, 1.807) is 24.3 Å². The van der Waals surface area contributed by atoms with E-state index in [0.29, 0.717) is 17.3 Å². The van der Waals surface area contributed by atoms with Crippen molar-refractivity contribution in [2.24, 2.45) is 0 Å². The maximum Gasteiger partial charge on any atom is 0.119 e. The van der Waals surface area contributed by atoms with Gasteiger partial charge in [-0.15, -0.1) is 0 Å². The number of aliphatic hydroxyl groups excluding tert-OH is 1. The van der Waals surface area contributed by atoms with Crippen LogP contribution >= 0.6 is 11.6 Å². The molecule has 2 rings (SSSR count). The molecule has 2 N–H and O–H groups in total. The molecule has 1 aliphatic heterocycles. The summed E-state index contributed by atoms with van der Waals surface area (Å²) in [7, 11) is 2.09. The van der Waals surface area contributed by atoms with Crippen LogP contribution in [0.2, 0.25) is 5.02 Å². The molecule has 0 saturated carbocycles. The van der Waals surface area contributed by atoms with Gasteiger partial charge in [0.25, 0.3) is 0 Å². The van der Waals surface area contributed by atoms with Crippen LogP contribution < -0.4 is 10.1 Å². The lowest BCUT2D eigenvalue weighted by molar-refractivity contribution is -0.0196. The molecule has 118 valence electrons. The minimum Gasteiger partial charge on any atom is -0.491 e. The molecule has 0 radical (unpaired) electrons. The molecule has 21 heavy (non-hydrogen) atoms. The number of halogens is 1. The van der Waals surface area contributed by atoms with Gasteiger partial charge in [-0.25, -0.2) is 0 Å². The predicted molar refractivity (Wildman–Crippen MR) is 83.1 cm³/mol. The number of hydrogen-bond acceptors (Lipinski definition) is 5. The zero-order chi connectivity index (χ0) is 15.1. The average Bonchev–Trinajstić information content (AvgIpc) is 2.47. The van der Waals surface area contributed by atoms with Gasteiger partial charge in [-0.2, -0.15) is 0 Å². The van der Waals surface area contributed by atoms with Crippen molar-refractivity contribution in [2.75, 3.05) is 46.4 Å². The standard InChI is InChI=1S/C15H23ClN2O3/c1-18-6-7-20-15(10-18)9-17-8-13(19)11-21-14-4-2-12(16)3-5-14/h2-5,13,15,17,19H,6-11H2,1H3/t13-,15-/m0/s1. The monoisotopic (exact) mass is 314 g/mol. The molecule has 5 nitrogen and oxygen atoms in total. The Hall–Kier alpha value is -0.850. The summed E-state index contributed by atoms with van der Waals surface area (Å²) in [6.45, 7) is 4.14. The maximum atomic E-state index is 9.88. The summed E-state index contributed by atoms with van der Waals surface area (Å²) in [6, 6.07) is 7.10. The normalized spacial score (nSPS) is 21.2. The van der Waals surface area contributed by atoms with E-state index in [1.165, 1.54) is 0 Å². The van der Waals surface area contributed by atoms with Gasteiger partial charge in [0.15, 0.2) is 0 Å². The molecule has 6 heteroatoms. The van der Waals surface area contributed by atoms with Crippen LogP contribution in [0.15, 0.2) is 24.3 Å². The van der Waals surface area contributed by atoms with E-state index in [9.17, 15) is 5.11 Å². The SMILES string of the molecule is CN1CCO[C@@H](CNC[C@H](O)COc2ccc(Cl)cc2)C1. The van der Waals surface area contributed by atoms with Gasteiger partial charge in [0.2, 0.25) is 0 Å². The van der Waals surface area contributed by atoms with Crippen molar-refractivity contribution < 1.29 is 14.6 Å². The first-order chi connectivity index (χ1) is 10.1. The lowest BCUT2D eigenvalue weighted by Gasteiger charge is -2.30. The van der Waals surface area contributed by atoms with E-state index in [1.807, 2.05) is 0 Å². The highest BCUT2D eigenvalue weighted by Gasteiger charge is 2.17. The number of nitrogens with zero attached hydrogens (tertiary/aromatic N) is 1. The number of hydrogen-bond donors (Lipinski definition) is 2. The van der Waals surface area contributed by atoms with Crippen molar-refractivity contribution in [3.63, 3.8) is 0 Å². The molecule has 0 bridgehead atoms. The number of nitrogens with one attached hydrogen (secondary N) is 1. The van der Waals surface area contributed by atoms with Crippen LogP contribution in [-0.4, -0.2) is 68.7 Å². The minimum atomic E-state index is -0.554. The van der Waals surface area contributed by atoms with Crippen molar-refractivity contribution in [3.8, 4) is 5.75 Å². The number of benzene rings is 1. The van der Waals surface area contributed by atoms with Gasteiger partial charge in [0.05, 0.1) is 12.7 Å². The predicted octanol–water partition coefficient (Wildman–Crippen LogP) is 1.000. The summed E-state index contributed by atoms with van der Waals surface area (Å²) in [4.78, 5) is 2.25. The molecular formula is C15H23ClN2O3. The molecule has 2 atom stereocenters. The number of likely N-dealkylation sites (N-methyl/N-ethyl adjacent to an activating group) is 1. The Balaban J connectivity index is 1.59. The lowest BCUT2D eigenvalue weighted by Crippen LogP contribution is -2.46. The highest BCUT2D eigenvalue weighted by atomic mass is 35.5. The fraction of sp³-hybridized carbons (Fsp3) is 0.600. The van der Waals surface area contributed by atoms with Crippen molar-refractivity contribution in [1.82, 2.24) is 10.2 Å². The van der Waals surface area contributed by atoms with Crippen molar-refractivity contribution in [1.29, 1.82) is 0 Å². The Bertz CT molecular complexity index is 416. The second-order valence-electron chi connectivity index (χ2n) is 5.33. The third-order valence-electron chi connectivity index (χ3n) is 3.35. The Morgan fingerprint density at radius 3 is 2.95 bits per heavy atom. The zero-order valence-electron chi connectivity index (χ0n) is 12.3. The van der Waals surface area contributed by atoms with Crippen LogP contribution in [0, 0.1) is 0 Å². The smallest absolute Gasteiger partial charge is 0.119 e. The first kappa shape index (κ1) is 16.5. The Kier molecular flexibility index (Phi) is 6.73. The fourth-order valence-corrected chi connectivity index (χ4v) is 2.31. The van der Waals surface area contributed by atoms with Gasteiger partial charge in [-0.3, -0.25) is 0 Å². The number of rotatable bonds is 7. The van der Waals surface area contributed by atoms with Gasteiger partial charge in [0.1, 0.15) is 18.5 Å². The molecule has 1 heterocycles. The van der Waals surface area contributed by atoms with E-state index in [4.69, 9.17) is 21.1 Å². The van der Waals surface area contributed by atoms with Crippen LogP contribution in [0.4, 0.5) is 0 Å². The van der Waals surface area contributed by atoms with E-state index in [0.717, 1.165) is 26.2 Å². The van der Waals surface area contributed by atoms with Crippen LogP contribution in [0.25, 0.3) is 0 Å². The Morgan fingerprint density at radius 1 is 1.48 bits per heavy atom. The molecule has 1 fully saturated rings. The summed E-state index contributed by atoms with van der Waals surface area (Å²) in [5.74, 6) is 0.704.